The SMILES string of the molecule is N#Cc1cccc(CNCC2(C3CC3)CC2)c1. The molecule has 0 spiro atoms. The van der Waals surface area contributed by atoms with E-state index in [2.05, 4.69) is 17.5 Å². The van der Waals surface area contributed by atoms with Crippen molar-refractivity contribution >= 4 is 0 Å². The van der Waals surface area contributed by atoms with Gasteiger partial charge in [0.25, 0.3) is 0 Å². The molecule has 0 radical (unpaired) electrons. The average Bonchev–Trinajstić information content (AvgIpc) is 3.21. The molecule has 0 saturated heterocycles. The first kappa shape index (κ1) is 10.8. The molecule has 2 heteroatoms. The van der Waals surface area contributed by atoms with E-state index in [4.69, 9.17) is 5.26 Å². The van der Waals surface area contributed by atoms with Crippen LogP contribution < -0.4 is 5.32 Å². The molecular formula is C15H18N2. The highest BCUT2D eigenvalue weighted by Crippen LogP contribution is 2.60. The second kappa shape index (κ2) is 4.16. The molecular weight excluding hydrogens is 208 g/mol. The van der Waals surface area contributed by atoms with Crippen molar-refractivity contribution in [1.29, 1.82) is 5.26 Å². The zero-order valence-corrected chi connectivity index (χ0v) is 10.1. The molecule has 0 aliphatic heterocycles. The largest absolute Gasteiger partial charge is 0.312 e. The fraction of sp³-hybridized carbons (Fsp3) is 0.533. The fourth-order valence-electron chi connectivity index (χ4n) is 2.79. The second-order valence-electron chi connectivity index (χ2n) is 5.55. The maximum absolute atomic E-state index is 8.84. The lowest BCUT2D eigenvalue weighted by atomic mass is 10.0. The summed E-state index contributed by atoms with van der Waals surface area (Å²) in [6.07, 6.45) is 5.74. The molecule has 0 atom stereocenters. The summed E-state index contributed by atoms with van der Waals surface area (Å²) >= 11 is 0. The third-order valence-corrected chi connectivity index (χ3v) is 4.20. The number of nitrogens with zero attached hydrogens (tertiary/aromatic N) is 1. The van der Waals surface area contributed by atoms with Gasteiger partial charge in [-0.2, -0.15) is 5.26 Å². The highest BCUT2D eigenvalue weighted by molar-refractivity contribution is 5.32. The van der Waals surface area contributed by atoms with Gasteiger partial charge >= 0.3 is 0 Å². The lowest BCUT2D eigenvalue weighted by Gasteiger charge is -2.14. The van der Waals surface area contributed by atoms with E-state index in [9.17, 15) is 0 Å². The van der Waals surface area contributed by atoms with Crippen LogP contribution in [0.3, 0.4) is 0 Å². The zero-order chi connectivity index (χ0) is 11.7. The monoisotopic (exact) mass is 226 g/mol. The molecule has 0 bridgehead atoms. The standard InChI is InChI=1S/C15H18N2/c16-9-12-2-1-3-13(8-12)10-17-11-15(6-7-15)14-4-5-14/h1-3,8,14,17H,4-7,10-11H2. The summed E-state index contributed by atoms with van der Waals surface area (Å²) in [7, 11) is 0. The van der Waals surface area contributed by atoms with Crippen molar-refractivity contribution in [2.45, 2.75) is 32.2 Å². The Morgan fingerprint density at radius 3 is 2.82 bits per heavy atom. The van der Waals surface area contributed by atoms with Crippen molar-refractivity contribution in [2.75, 3.05) is 6.54 Å². The van der Waals surface area contributed by atoms with Crippen LogP contribution in [0, 0.1) is 22.7 Å². The molecule has 0 heterocycles. The predicted molar refractivity (Wildman–Crippen MR) is 67.3 cm³/mol. The van der Waals surface area contributed by atoms with Gasteiger partial charge < -0.3 is 5.32 Å². The molecule has 2 fully saturated rings. The highest BCUT2D eigenvalue weighted by Gasteiger charge is 2.53. The first-order valence-electron chi connectivity index (χ1n) is 6.52. The Balaban J connectivity index is 1.52. The third-order valence-electron chi connectivity index (χ3n) is 4.20. The summed E-state index contributed by atoms with van der Waals surface area (Å²) in [5, 5.41) is 12.4. The lowest BCUT2D eigenvalue weighted by Crippen LogP contribution is -2.25. The van der Waals surface area contributed by atoms with Crippen molar-refractivity contribution in [1.82, 2.24) is 5.32 Å². The maximum Gasteiger partial charge on any atom is 0.0991 e. The van der Waals surface area contributed by atoms with Gasteiger partial charge in [0.05, 0.1) is 11.6 Å². The molecule has 1 aromatic rings. The Labute approximate surface area is 103 Å². The van der Waals surface area contributed by atoms with Crippen LogP contribution >= 0.6 is 0 Å². The molecule has 3 rings (SSSR count). The van der Waals surface area contributed by atoms with Crippen molar-refractivity contribution in [3.8, 4) is 6.07 Å². The van der Waals surface area contributed by atoms with Gasteiger partial charge in [-0.1, -0.05) is 12.1 Å². The lowest BCUT2D eigenvalue weighted by molar-refractivity contribution is 0.403. The van der Waals surface area contributed by atoms with Gasteiger partial charge in [0.1, 0.15) is 0 Å². The molecule has 17 heavy (non-hydrogen) atoms. The topological polar surface area (TPSA) is 35.8 Å². The molecule has 0 aromatic heterocycles. The maximum atomic E-state index is 8.84. The normalized spacial score (nSPS) is 20.9. The Morgan fingerprint density at radius 2 is 2.18 bits per heavy atom. The highest BCUT2D eigenvalue weighted by atomic mass is 14.9. The fourth-order valence-corrected chi connectivity index (χ4v) is 2.79. The van der Waals surface area contributed by atoms with E-state index in [1.165, 1.54) is 31.2 Å². The molecule has 2 aliphatic carbocycles. The van der Waals surface area contributed by atoms with Gasteiger partial charge in [0.2, 0.25) is 0 Å². The van der Waals surface area contributed by atoms with E-state index >= 15 is 0 Å². The van der Waals surface area contributed by atoms with Crippen molar-refractivity contribution in [3.05, 3.63) is 35.4 Å². The van der Waals surface area contributed by atoms with Crippen molar-refractivity contribution < 1.29 is 0 Å². The van der Waals surface area contributed by atoms with Crippen molar-refractivity contribution in [3.63, 3.8) is 0 Å². The molecule has 2 aliphatic rings. The predicted octanol–water partition coefficient (Wildman–Crippen LogP) is 2.84. The minimum atomic E-state index is 0.660. The van der Waals surface area contributed by atoms with Gasteiger partial charge in [-0.05, 0) is 54.7 Å². The number of nitrogens with one attached hydrogen (secondary N) is 1. The van der Waals surface area contributed by atoms with Crippen LogP contribution in [0.15, 0.2) is 24.3 Å². The average molecular weight is 226 g/mol. The van der Waals surface area contributed by atoms with Crippen LogP contribution in [0.25, 0.3) is 0 Å². The molecule has 1 aromatic carbocycles. The summed E-state index contributed by atoms with van der Waals surface area (Å²) in [5.41, 5.74) is 2.63. The van der Waals surface area contributed by atoms with E-state index in [-0.39, 0.29) is 0 Å². The molecule has 0 amide bonds. The van der Waals surface area contributed by atoms with Gasteiger partial charge in [0, 0.05) is 13.1 Å². The molecule has 2 nitrogen and oxygen atoms in total. The number of nitriles is 1. The minimum absolute atomic E-state index is 0.660. The smallest absolute Gasteiger partial charge is 0.0991 e. The van der Waals surface area contributed by atoms with Gasteiger partial charge in [0.15, 0.2) is 0 Å². The first-order valence-corrected chi connectivity index (χ1v) is 6.52. The quantitative estimate of drug-likeness (QED) is 0.838. The van der Waals surface area contributed by atoms with E-state index in [0.29, 0.717) is 5.41 Å². The summed E-state index contributed by atoms with van der Waals surface area (Å²) < 4.78 is 0. The summed E-state index contributed by atoms with van der Waals surface area (Å²) in [5.74, 6) is 1.01. The molecule has 2 saturated carbocycles. The number of hydrogen-bond donors (Lipinski definition) is 1. The Morgan fingerprint density at radius 1 is 1.35 bits per heavy atom. The number of hydrogen-bond acceptors (Lipinski definition) is 2. The summed E-state index contributed by atoms with van der Waals surface area (Å²) in [6, 6.07) is 10.1. The van der Waals surface area contributed by atoms with Crippen LogP contribution in [-0.2, 0) is 6.54 Å². The Bertz CT molecular complexity index is 450. The molecule has 1 N–H and O–H groups in total. The van der Waals surface area contributed by atoms with Crippen LogP contribution in [-0.4, -0.2) is 6.54 Å². The Kier molecular flexibility index (Phi) is 2.64. The van der Waals surface area contributed by atoms with Crippen LogP contribution in [0.1, 0.15) is 36.8 Å². The first-order chi connectivity index (χ1) is 8.32. The number of rotatable bonds is 5. The second-order valence-corrected chi connectivity index (χ2v) is 5.55. The van der Waals surface area contributed by atoms with Crippen LogP contribution in [0.5, 0.6) is 0 Å². The minimum Gasteiger partial charge on any atom is -0.312 e. The molecule has 88 valence electrons. The Hall–Kier alpha value is -1.33. The number of benzene rings is 1. The molecule has 0 unspecified atom stereocenters. The van der Waals surface area contributed by atoms with Gasteiger partial charge in [-0.3, -0.25) is 0 Å². The summed E-state index contributed by atoms with van der Waals surface area (Å²) in [6.45, 7) is 2.05. The van der Waals surface area contributed by atoms with E-state index < -0.39 is 0 Å². The third kappa shape index (κ3) is 2.35. The van der Waals surface area contributed by atoms with E-state index in [1.807, 2.05) is 18.2 Å². The van der Waals surface area contributed by atoms with Crippen LogP contribution in [0.2, 0.25) is 0 Å². The van der Waals surface area contributed by atoms with E-state index in [1.54, 1.807) is 0 Å². The van der Waals surface area contributed by atoms with E-state index in [0.717, 1.165) is 24.6 Å². The zero-order valence-electron chi connectivity index (χ0n) is 10.1. The summed E-state index contributed by atoms with van der Waals surface area (Å²) in [4.78, 5) is 0. The van der Waals surface area contributed by atoms with Crippen molar-refractivity contribution in [2.24, 2.45) is 11.3 Å². The van der Waals surface area contributed by atoms with Crippen LogP contribution in [0.4, 0.5) is 0 Å². The van der Waals surface area contributed by atoms with Gasteiger partial charge in [-0.25, -0.2) is 0 Å². The van der Waals surface area contributed by atoms with Gasteiger partial charge in [-0.15, -0.1) is 0 Å².